The number of nitrogens with two attached hydrogens (primary N) is 1. The molecule has 4 aromatic heterocycles. The van der Waals surface area contributed by atoms with Crippen molar-refractivity contribution in [2.75, 3.05) is 17.2 Å². The highest BCUT2D eigenvalue weighted by atomic mass is 32.1. The largest absolute Gasteiger partial charge is 0.461 e. The van der Waals surface area contributed by atoms with Crippen LogP contribution in [0.5, 0.6) is 0 Å². The molecule has 4 heterocycles. The summed E-state index contributed by atoms with van der Waals surface area (Å²) in [6, 6.07) is 11.2. The second kappa shape index (κ2) is 11.4. The molecular weight excluding hydrogens is 488 g/mol. The molecule has 11 heteroatoms. The topological polar surface area (TPSA) is 141 Å². The average Bonchev–Trinajstić information content (AvgIpc) is 3.36. The highest BCUT2D eigenvalue weighted by Gasteiger charge is 2.21. The molecule has 2 atom stereocenters. The molecular formula is C26H28N8O2S. The molecule has 1 aliphatic rings. The minimum atomic E-state index is -0.323. The molecule has 0 aromatic carbocycles. The van der Waals surface area contributed by atoms with E-state index in [4.69, 9.17) is 10.5 Å². The quantitative estimate of drug-likeness (QED) is 0.278. The van der Waals surface area contributed by atoms with E-state index in [-0.39, 0.29) is 12.0 Å². The lowest BCUT2D eigenvalue weighted by Crippen LogP contribution is -2.30. The monoisotopic (exact) mass is 516 g/mol. The van der Waals surface area contributed by atoms with Gasteiger partial charge in [0.25, 0.3) is 0 Å². The molecule has 4 N–H and O–H groups in total. The van der Waals surface area contributed by atoms with E-state index >= 15 is 0 Å². The van der Waals surface area contributed by atoms with Crippen molar-refractivity contribution < 1.29 is 9.53 Å². The maximum absolute atomic E-state index is 12.5. The van der Waals surface area contributed by atoms with Crippen molar-refractivity contribution in [1.29, 1.82) is 0 Å². The summed E-state index contributed by atoms with van der Waals surface area (Å²) in [5.74, 6) is 2.06. The number of nitrogens with zero attached hydrogens (tertiary/aromatic N) is 5. The molecule has 1 fully saturated rings. The Bertz CT molecular complexity index is 1380. The zero-order chi connectivity index (χ0) is 25.6. The molecule has 0 bridgehead atoms. The molecule has 1 saturated carbocycles. The van der Waals surface area contributed by atoms with Crippen molar-refractivity contribution in [1.82, 2.24) is 24.9 Å². The fraction of sp³-hybridized carbons (Fsp3) is 0.308. The fourth-order valence-corrected chi connectivity index (χ4v) is 4.96. The molecule has 0 amide bonds. The highest BCUT2D eigenvalue weighted by molar-refractivity contribution is 7.12. The van der Waals surface area contributed by atoms with Crippen LogP contribution in [0.15, 0.2) is 54.2 Å². The van der Waals surface area contributed by atoms with Gasteiger partial charge in [-0.2, -0.15) is 4.98 Å². The van der Waals surface area contributed by atoms with Crippen LogP contribution < -0.4 is 16.4 Å². The Morgan fingerprint density at radius 1 is 1.08 bits per heavy atom. The lowest BCUT2D eigenvalue weighted by atomic mass is 9.87. The molecule has 37 heavy (non-hydrogen) atoms. The number of esters is 1. The van der Waals surface area contributed by atoms with Crippen LogP contribution in [0.4, 0.5) is 23.3 Å². The van der Waals surface area contributed by atoms with Crippen molar-refractivity contribution in [2.24, 2.45) is 11.7 Å². The molecule has 0 unspecified atom stereocenters. The van der Waals surface area contributed by atoms with Crippen LogP contribution in [0.2, 0.25) is 0 Å². The van der Waals surface area contributed by atoms with Gasteiger partial charge in [0, 0.05) is 29.5 Å². The number of hydrogen-bond acceptors (Lipinski definition) is 11. The summed E-state index contributed by atoms with van der Waals surface area (Å²) in [5, 5.41) is 8.16. The number of rotatable bonds is 8. The average molecular weight is 517 g/mol. The summed E-state index contributed by atoms with van der Waals surface area (Å²) in [4.78, 5) is 35.2. The summed E-state index contributed by atoms with van der Waals surface area (Å²) in [6.07, 6.45) is 7.41. The standard InChI is InChI=1S/C26H28N8O2S/c1-16-4-2-7-20(30-16)24-28-10-8-22(33-24)32-23-9-11-29-26(34-23)31-19-13-21(37-15-19)25(35)36-14-17-5-3-6-18(27)12-17/h2,4,7-11,13,15,17-18H,3,5-6,12,14,27H2,1H3,(H2,28,29,31,32,33,34)/t17-,18+/m1/s1. The van der Waals surface area contributed by atoms with E-state index in [0.29, 0.717) is 52.2 Å². The van der Waals surface area contributed by atoms with Gasteiger partial charge in [0.05, 0.1) is 12.3 Å². The Hall–Kier alpha value is -3.96. The number of hydrogen-bond donors (Lipinski definition) is 3. The third-order valence-electron chi connectivity index (χ3n) is 6.02. The van der Waals surface area contributed by atoms with E-state index in [0.717, 1.165) is 31.4 Å². The molecule has 1 aliphatic carbocycles. The third-order valence-corrected chi connectivity index (χ3v) is 6.93. The first-order valence-corrected chi connectivity index (χ1v) is 13.1. The lowest BCUT2D eigenvalue weighted by Gasteiger charge is -2.25. The van der Waals surface area contributed by atoms with Gasteiger partial charge in [-0.15, -0.1) is 11.3 Å². The fourth-order valence-electron chi connectivity index (χ4n) is 4.23. The Balaban J connectivity index is 1.20. The second-order valence-corrected chi connectivity index (χ2v) is 9.95. The predicted molar refractivity (Wildman–Crippen MR) is 143 cm³/mol. The Labute approximate surface area is 218 Å². The molecule has 10 nitrogen and oxygen atoms in total. The van der Waals surface area contributed by atoms with E-state index in [2.05, 4.69) is 35.6 Å². The number of pyridine rings is 1. The zero-order valence-corrected chi connectivity index (χ0v) is 21.2. The first-order chi connectivity index (χ1) is 18.0. The first-order valence-electron chi connectivity index (χ1n) is 12.2. The number of nitrogens with one attached hydrogen (secondary N) is 2. The van der Waals surface area contributed by atoms with E-state index in [9.17, 15) is 4.79 Å². The second-order valence-electron chi connectivity index (χ2n) is 9.04. The predicted octanol–water partition coefficient (Wildman–Crippen LogP) is 4.86. The zero-order valence-electron chi connectivity index (χ0n) is 20.4. The number of aromatic nitrogens is 5. The van der Waals surface area contributed by atoms with E-state index in [1.165, 1.54) is 11.3 Å². The minimum Gasteiger partial charge on any atom is -0.461 e. The molecule has 0 aliphatic heterocycles. The normalized spacial score (nSPS) is 17.2. The number of aryl methyl sites for hydroxylation is 1. The Morgan fingerprint density at radius 2 is 1.92 bits per heavy atom. The van der Waals surface area contributed by atoms with Gasteiger partial charge in [-0.25, -0.2) is 24.7 Å². The minimum absolute atomic E-state index is 0.210. The smallest absolute Gasteiger partial charge is 0.348 e. The van der Waals surface area contributed by atoms with Gasteiger partial charge in [-0.1, -0.05) is 12.5 Å². The number of thiophene rings is 1. The number of ether oxygens (including phenoxy) is 1. The highest BCUT2D eigenvalue weighted by Crippen LogP contribution is 2.26. The third kappa shape index (κ3) is 6.63. The van der Waals surface area contributed by atoms with Gasteiger partial charge < -0.3 is 21.1 Å². The van der Waals surface area contributed by atoms with Crippen LogP contribution in [0.1, 0.15) is 41.0 Å². The maximum atomic E-state index is 12.5. The maximum Gasteiger partial charge on any atom is 0.348 e. The summed E-state index contributed by atoms with van der Waals surface area (Å²) >= 11 is 1.32. The number of carbonyl (C=O) groups is 1. The van der Waals surface area contributed by atoms with Gasteiger partial charge in [0.2, 0.25) is 5.95 Å². The Morgan fingerprint density at radius 3 is 2.76 bits per heavy atom. The van der Waals surface area contributed by atoms with Crippen LogP contribution in [0.3, 0.4) is 0 Å². The first kappa shape index (κ1) is 24.7. The van der Waals surface area contributed by atoms with Crippen molar-refractivity contribution in [3.63, 3.8) is 0 Å². The van der Waals surface area contributed by atoms with Gasteiger partial charge in [0.15, 0.2) is 5.82 Å². The Kier molecular flexibility index (Phi) is 7.62. The molecule has 5 rings (SSSR count). The van der Waals surface area contributed by atoms with Crippen molar-refractivity contribution in [3.05, 3.63) is 64.7 Å². The summed E-state index contributed by atoms with van der Waals surface area (Å²) < 4.78 is 5.54. The van der Waals surface area contributed by atoms with Crippen molar-refractivity contribution >= 4 is 40.6 Å². The molecule has 0 radical (unpaired) electrons. The number of anilines is 4. The summed E-state index contributed by atoms with van der Waals surface area (Å²) in [5.41, 5.74) is 8.34. The van der Waals surface area contributed by atoms with Crippen molar-refractivity contribution in [2.45, 2.75) is 38.6 Å². The van der Waals surface area contributed by atoms with Crippen LogP contribution in [0.25, 0.3) is 11.5 Å². The van der Waals surface area contributed by atoms with E-state index in [1.807, 2.05) is 30.5 Å². The van der Waals surface area contributed by atoms with Gasteiger partial charge in [-0.3, -0.25) is 0 Å². The van der Waals surface area contributed by atoms with Crippen LogP contribution in [0, 0.1) is 12.8 Å². The van der Waals surface area contributed by atoms with Crippen LogP contribution >= 0.6 is 11.3 Å². The SMILES string of the molecule is Cc1cccc(-c2nccc(Nc3ccnc(Nc4csc(C(=O)OC[C@@H]5CCC[C@H](N)C5)c4)n3)n2)n1. The van der Waals surface area contributed by atoms with Crippen LogP contribution in [-0.2, 0) is 4.74 Å². The van der Waals surface area contributed by atoms with Crippen molar-refractivity contribution in [3.8, 4) is 11.5 Å². The summed E-state index contributed by atoms with van der Waals surface area (Å²) in [7, 11) is 0. The number of carbonyl (C=O) groups excluding carboxylic acids is 1. The van der Waals surface area contributed by atoms with E-state index in [1.54, 1.807) is 30.6 Å². The molecule has 0 saturated heterocycles. The molecule has 4 aromatic rings. The van der Waals surface area contributed by atoms with Gasteiger partial charge in [0.1, 0.15) is 22.2 Å². The molecule has 190 valence electrons. The van der Waals surface area contributed by atoms with Gasteiger partial charge >= 0.3 is 5.97 Å². The van der Waals surface area contributed by atoms with E-state index < -0.39 is 0 Å². The summed E-state index contributed by atoms with van der Waals surface area (Å²) in [6.45, 7) is 2.34. The van der Waals surface area contributed by atoms with Crippen LogP contribution in [-0.4, -0.2) is 43.5 Å². The molecule has 0 spiro atoms. The van der Waals surface area contributed by atoms with Gasteiger partial charge in [-0.05, 0) is 62.4 Å². The lowest BCUT2D eigenvalue weighted by molar-refractivity contribution is 0.0408.